The quantitative estimate of drug-likeness (QED) is 0.368. The number of anilines is 1. The van der Waals surface area contributed by atoms with Crippen molar-refractivity contribution < 1.29 is 9.18 Å². The average molecular weight is 177 g/mol. The summed E-state index contributed by atoms with van der Waals surface area (Å²) in [5, 5.41) is 0. The van der Waals surface area contributed by atoms with Gasteiger partial charge in [0.25, 0.3) is 0 Å². The van der Waals surface area contributed by atoms with Crippen molar-refractivity contribution in [1.29, 1.82) is 0 Å². The Morgan fingerprint density at radius 2 is 2.23 bits per heavy atom. The fourth-order valence-corrected chi connectivity index (χ4v) is 0.965. The first-order chi connectivity index (χ1) is 6.15. The van der Waals surface area contributed by atoms with Gasteiger partial charge in [-0.05, 0) is 30.5 Å². The lowest BCUT2D eigenvalue weighted by atomic mass is 10.1. The summed E-state index contributed by atoms with van der Waals surface area (Å²) in [6.07, 6.45) is 0.444. The van der Waals surface area contributed by atoms with Crippen LogP contribution in [0.1, 0.15) is 11.1 Å². The average Bonchev–Trinajstić information content (AvgIpc) is 2.09. The van der Waals surface area contributed by atoms with Gasteiger partial charge in [-0.3, -0.25) is 4.79 Å². The predicted octanol–water partition coefficient (Wildman–Crippen LogP) is 1.27. The van der Waals surface area contributed by atoms with Crippen LogP contribution < -0.4 is 5.73 Å². The third-order valence-electron chi connectivity index (χ3n) is 1.62. The van der Waals surface area contributed by atoms with Crippen LogP contribution >= 0.6 is 0 Å². The van der Waals surface area contributed by atoms with Crippen LogP contribution in [-0.4, -0.2) is 6.29 Å². The number of rotatable bonds is 0. The zero-order valence-electron chi connectivity index (χ0n) is 7.10. The van der Waals surface area contributed by atoms with E-state index in [0.29, 0.717) is 23.1 Å². The molecule has 0 saturated carbocycles. The maximum atomic E-state index is 12.8. The van der Waals surface area contributed by atoms with Crippen molar-refractivity contribution in [3.05, 3.63) is 29.1 Å². The molecule has 0 aliphatic rings. The van der Waals surface area contributed by atoms with Gasteiger partial charge in [0.15, 0.2) is 6.29 Å². The van der Waals surface area contributed by atoms with Crippen LogP contribution in [0.2, 0.25) is 0 Å². The van der Waals surface area contributed by atoms with Crippen LogP contribution in [-0.2, 0) is 4.79 Å². The molecule has 0 amide bonds. The molecule has 2 N–H and O–H groups in total. The molecule has 3 heteroatoms. The first kappa shape index (κ1) is 9.27. The van der Waals surface area contributed by atoms with Crippen molar-refractivity contribution in [2.75, 3.05) is 5.73 Å². The number of carbonyl (C=O) groups excluding carboxylic acids is 1. The fourth-order valence-electron chi connectivity index (χ4n) is 0.965. The first-order valence-corrected chi connectivity index (χ1v) is 3.66. The van der Waals surface area contributed by atoms with Crippen molar-refractivity contribution in [3.8, 4) is 11.8 Å². The summed E-state index contributed by atoms with van der Waals surface area (Å²) in [5.74, 6) is 4.24. The van der Waals surface area contributed by atoms with E-state index in [4.69, 9.17) is 5.73 Å². The number of benzene rings is 1. The van der Waals surface area contributed by atoms with E-state index in [-0.39, 0.29) is 0 Å². The summed E-state index contributed by atoms with van der Waals surface area (Å²) in [6.45, 7) is 1.69. The highest BCUT2D eigenvalue weighted by Gasteiger charge is 2.02. The van der Waals surface area contributed by atoms with Crippen LogP contribution in [0.5, 0.6) is 0 Å². The predicted molar refractivity (Wildman–Crippen MR) is 48.5 cm³/mol. The van der Waals surface area contributed by atoms with Crippen molar-refractivity contribution in [2.24, 2.45) is 0 Å². The molecule has 0 spiro atoms. The van der Waals surface area contributed by atoms with E-state index in [1.807, 2.05) is 0 Å². The molecule has 66 valence electrons. The SMILES string of the molecule is Cc1cc(F)cc(C#CC=O)c1N. The highest BCUT2D eigenvalue weighted by Crippen LogP contribution is 2.17. The van der Waals surface area contributed by atoms with E-state index in [9.17, 15) is 9.18 Å². The second-order valence-electron chi connectivity index (χ2n) is 2.57. The molecule has 0 saturated heterocycles. The molecule has 0 atom stereocenters. The summed E-state index contributed by atoms with van der Waals surface area (Å²) >= 11 is 0. The molecule has 0 bridgehead atoms. The fraction of sp³-hybridized carbons (Fsp3) is 0.100. The summed E-state index contributed by atoms with van der Waals surface area (Å²) < 4.78 is 12.8. The molecule has 0 unspecified atom stereocenters. The normalized spacial score (nSPS) is 8.77. The standard InChI is InChI=1S/C10H8FNO/c1-7-5-9(11)6-8(10(7)12)3-2-4-13/h4-6H,12H2,1H3. The third-order valence-corrected chi connectivity index (χ3v) is 1.62. The van der Waals surface area contributed by atoms with Gasteiger partial charge in [-0.15, -0.1) is 0 Å². The highest BCUT2D eigenvalue weighted by atomic mass is 19.1. The minimum Gasteiger partial charge on any atom is -0.397 e. The monoisotopic (exact) mass is 177 g/mol. The van der Waals surface area contributed by atoms with Crippen molar-refractivity contribution in [1.82, 2.24) is 0 Å². The van der Waals surface area contributed by atoms with Crippen molar-refractivity contribution in [3.63, 3.8) is 0 Å². The summed E-state index contributed by atoms with van der Waals surface area (Å²) in [7, 11) is 0. The van der Waals surface area contributed by atoms with Crippen molar-refractivity contribution in [2.45, 2.75) is 6.92 Å². The van der Waals surface area contributed by atoms with Crippen LogP contribution in [0.4, 0.5) is 10.1 Å². The van der Waals surface area contributed by atoms with Gasteiger partial charge in [-0.2, -0.15) is 0 Å². The molecular formula is C10H8FNO. The number of nitrogens with two attached hydrogens (primary N) is 1. The smallest absolute Gasteiger partial charge is 0.193 e. The van der Waals surface area contributed by atoms with Gasteiger partial charge >= 0.3 is 0 Å². The maximum Gasteiger partial charge on any atom is 0.193 e. The lowest BCUT2D eigenvalue weighted by Crippen LogP contribution is -1.95. The van der Waals surface area contributed by atoms with E-state index in [0.717, 1.165) is 0 Å². The Morgan fingerprint density at radius 1 is 1.54 bits per heavy atom. The molecule has 0 fully saturated rings. The van der Waals surface area contributed by atoms with Crippen LogP contribution in [0.15, 0.2) is 12.1 Å². The Bertz CT molecular complexity index is 401. The molecule has 0 radical (unpaired) electrons. The summed E-state index contributed by atoms with van der Waals surface area (Å²) in [4.78, 5) is 9.95. The van der Waals surface area contributed by atoms with Gasteiger partial charge in [-0.25, -0.2) is 4.39 Å². The summed E-state index contributed by atoms with van der Waals surface area (Å²) in [6, 6.07) is 2.53. The molecule has 13 heavy (non-hydrogen) atoms. The summed E-state index contributed by atoms with van der Waals surface area (Å²) in [5.41, 5.74) is 6.99. The second kappa shape index (κ2) is 3.72. The number of hydrogen-bond acceptors (Lipinski definition) is 2. The number of aryl methyl sites for hydroxylation is 1. The van der Waals surface area contributed by atoms with Gasteiger partial charge in [0.05, 0.1) is 11.3 Å². The Kier molecular flexibility index (Phi) is 2.65. The van der Waals surface area contributed by atoms with E-state index in [2.05, 4.69) is 11.8 Å². The number of hydrogen-bond donors (Lipinski definition) is 1. The van der Waals surface area contributed by atoms with Crippen LogP contribution in [0, 0.1) is 24.6 Å². The minimum atomic E-state index is -0.401. The Labute approximate surface area is 75.6 Å². The molecule has 2 nitrogen and oxygen atoms in total. The topological polar surface area (TPSA) is 43.1 Å². The molecule has 0 aliphatic carbocycles. The van der Waals surface area contributed by atoms with Gasteiger partial charge in [0.2, 0.25) is 0 Å². The van der Waals surface area contributed by atoms with E-state index < -0.39 is 5.82 Å². The molecule has 1 aromatic rings. The van der Waals surface area contributed by atoms with Crippen LogP contribution in [0.3, 0.4) is 0 Å². The second-order valence-corrected chi connectivity index (χ2v) is 2.57. The van der Waals surface area contributed by atoms with E-state index >= 15 is 0 Å². The maximum absolute atomic E-state index is 12.8. The molecule has 0 aromatic heterocycles. The molecule has 1 rings (SSSR count). The number of halogens is 1. The lowest BCUT2D eigenvalue weighted by Gasteiger charge is -2.02. The van der Waals surface area contributed by atoms with Gasteiger partial charge < -0.3 is 5.73 Å². The number of carbonyl (C=O) groups is 1. The van der Waals surface area contributed by atoms with E-state index in [1.165, 1.54) is 12.1 Å². The Balaban J connectivity index is 3.28. The number of nitrogen functional groups attached to an aromatic ring is 1. The number of aldehydes is 1. The molecular weight excluding hydrogens is 169 g/mol. The largest absolute Gasteiger partial charge is 0.397 e. The highest BCUT2D eigenvalue weighted by molar-refractivity contribution is 5.75. The molecule has 0 aliphatic heterocycles. The van der Waals surface area contributed by atoms with Crippen molar-refractivity contribution >= 4 is 12.0 Å². The minimum absolute atomic E-state index is 0.351. The third kappa shape index (κ3) is 2.06. The van der Waals surface area contributed by atoms with E-state index in [1.54, 1.807) is 6.92 Å². The van der Waals surface area contributed by atoms with Crippen LogP contribution in [0.25, 0.3) is 0 Å². The van der Waals surface area contributed by atoms with Gasteiger partial charge in [-0.1, -0.05) is 5.92 Å². The zero-order chi connectivity index (χ0) is 9.84. The molecule has 0 heterocycles. The Hall–Kier alpha value is -1.82. The zero-order valence-corrected chi connectivity index (χ0v) is 7.10. The first-order valence-electron chi connectivity index (χ1n) is 3.66. The molecule has 1 aromatic carbocycles. The lowest BCUT2D eigenvalue weighted by molar-refractivity contribution is -0.103. The Morgan fingerprint density at radius 3 is 2.85 bits per heavy atom. The van der Waals surface area contributed by atoms with Gasteiger partial charge in [0.1, 0.15) is 5.82 Å². The van der Waals surface area contributed by atoms with Gasteiger partial charge in [0, 0.05) is 0 Å².